The maximum Gasteiger partial charge on any atom is 0.231 e. The molecule has 0 aliphatic carbocycles. The van der Waals surface area contributed by atoms with E-state index in [0.29, 0.717) is 6.79 Å². The smallest absolute Gasteiger partial charge is 0.231 e. The van der Waals surface area contributed by atoms with Gasteiger partial charge in [-0.25, -0.2) is 0 Å². The molecule has 0 spiro atoms. The Bertz CT molecular complexity index is 553. The van der Waals surface area contributed by atoms with E-state index in [0.717, 1.165) is 34.1 Å². The molecule has 5 heteroatoms. The highest BCUT2D eigenvalue weighted by Crippen LogP contribution is 2.32. The summed E-state index contributed by atoms with van der Waals surface area (Å²) in [4.78, 5) is 0. The van der Waals surface area contributed by atoms with Crippen LogP contribution in [0.3, 0.4) is 0 Å². The minimum atomic E-state index is 0.317. The first kappa shape index (κ1) is 11.9. The molecule has 0 saturated carbocycles. The van der Waals surface area contributed by atoms with Crippen LogP contribution in [0.25, 0.3) is 0 Å². The number of ether oxygens (including phenoxy) is 2. The molecule has 1 aliphatic rings. The number of hydrogen-bond acceptors (Lipinski definition) is 4. The summed E-state index contributed by atoms with van der Waals surface area (Å²) in [6.45, 7) is 1.81. The Kier molecular flexibility index (Phi) is 3.42. The molecule has 1 aromatic heterocycles. The zero-order valence-corrected chi connectivity index (χ0v) is 11.8. The third-order valence-electron chi connectivity index (χ3n) is 2.69. The summed E-state index contributed by atoms with van der Waals surface area (Å²) >= 11 is 2.16. The van der Waals surface area contributed by atoms with Gasteiger partial charge >= 0.3 is 0 Å². The Balaban J connectivity index is 1.57. The van der Waals surface area contributed by atoms with E-state index in [2.05, 4.69) is 27.9 Å². The number of furan rings is 1. The minimum Gasteiger partial charge on any atom is -0.454 e. The molecule has 2 aromatic rings. The number of hydrogen-bond donors (Lipinski definition) is 1. The Morgan fingerprint density at radius 1 is 1.06 bits per heavy atom. The normalized spacial score (nSPS) is 12.9. The molecule has 1 aliphatic heterocycles. The molecular formula is C13H12INO3. The summed E-state index contributed by atoms with van der Waals surface area (Å²) in [5.41, 5.74) is 1.17. The van der Waals surface area contributed by atoms with Crippen LogP contribution >= 0.6 is 22.6 Å². The second-order valence-electron chi connectivity index (χ2n) is 4.00. The van der Waals surface area contributed by atoms with E-state index in [1.807, 2.05) is 30.3 Å². The Morgan fingerprint density at radius 3 is 2.78 bits per heavy atom. The molecule has 0 unspecified atom stereocenters. The van der Waals surface area contributed by atoms with Crippen molar-refractivity contribution in [2.24, 2.45) is 0 Å². The second kappa shape index (κ2) is 5.19. The summed E-state index contributed by atoms with van der Waals surface area (Å²) in [7, 11) is 0. The third-order valence-corrected chi connectivity index (χ3v) is 3.27. The van der Waals surface area contributed by atoms with Crippen LogP contribution < -0.4 is 14.8 Å². The van der Waals surface area contributed by atoms with Crippen LogP contribution in [0.2, 0.25) is 0 Å². The molecule has 1 aromatic carbocycles. The van der Waals surface area contributed by atoms with Gasteiger partial charge in [0.25, 0.3) is 0 Å². The lowest BCUT2D eigenvalue weighted by molar-refractivity contribution is 0.174. The van der Waals surface area contributed by atoms with Crippen molar-refractivity contribution < 1.29 is 13.9 Å². The van der Waals surface area contributed by atoms with Crippen LogP contribution in [0.1, 0.15) is 11.3 Å². The highest BCUT2D eigenvalue weighted by molar-refractivity contribution is 14.1. The van der Waals surface area contributed by atoms with Gasteiger partial charge in [-0.15, -0.1) is 0 Å². The molecule has 0 amide bonds. The molecule has 0 saturated heterocycles. The van der Waals surface area contributed by atoms with E-state index in [1.165, 1.54) is 5.56 Å². The average molecular weight is 357 g/mol. The lowest BCUT2D eigenvalue weighted by atomic mass is 10.2. The van der Waals surface area contributed by atoms with Crippen LogP contribution in [0.5, 0.6) is 11.5 Å². The summed E-state index contributed by atoms with van der Waals surface area (Å²) in [6, 6.07) is 9.91. The SMILES string of the molecule is Ic1ccc(CNCc2ccc3c(c2)OCO3)o1. The lowest BCUT2D eigenvalue weighted by Crippen LogP contribution is -2.11. The quantitative estimate of drug-likeness (QED) is 0.855. The highest BCUT2D eigenvalue weighted by Gasteiger charge is 2.12. The predicted octanol–water partition coefficient (Wildman–Crippen LogP) is 2.90. The number of benzene rings is 1. The monoisotopic (exact) mass is 357 g/mol. The largest absolute Gasteiger partial charge is 0.454 e. The third kappa shape index (κ3) is 2.62. The molecule has 0 atom stereocenters. The van der Waals surface area contributed by atoms with Crippen molar-refractivity contribution in [1.82, 2.24) is 5.32 Å². The first-order valence-corrected chi connectivity index (χ1v) is 6.72. The predicted molar refractivity (Wildman–Crippen MR) is 74.5 cm³/mol. The summed E-state index contributed by atoms with van der Waals surface area (Å²) in [5.74, 6) is 2.58. The van der Waals surface area contributed by atoms with E-state index in [1.54, 1.807) is 0 Å². The fourth-order valence-corrected chi connectivity index (χ4v) is 2.29. The maximum atomic E-state index is 5.47. The van der Waals surface area contributed by atoms with Gasteiger partial charge in [0.2, 0.25) is 6.79 Å². The fraction of sp³-hybridized carbons (Fsp3) is 0.231. The topological polar surface area (TPSA) is 43.6 Å². The molecule has 0 fully saturated rings. The van der Waals surface area contributed by atoms with Crippen molar-refractivity contribution in [3.05, 3.63) is 45.4 Å². The second-order valence-corrected chi connectivity index (χ2v) is 5.06. The van der Waals surface area contributed by atoms with Gasteiger partial charge in [-0.2, -0.15) is 0 Å². The zero-order valence-electron chi connectivity index (χ0n) is 9.61. The molecular weight excluding hydrogens is 345 g/mol. The fourth-order valence-electron chi connectivity index (χ4n) is 1.83. The van der Waals surface area contributed by atoms with Crippen molar-refractivity contribution in [2.75, 3.05) is 6.79 Å². The van der Waals surface area contributed by atoms with Crippen molar-refractivity contribution >= 4 is 22.6 Å². The van der Waals surface area contributed by atoms with Crippen molar-refractivity contribution in [3.8, 4) is 11.5 Å². The van der Waals surface area contributed by atoms with Gasteiger partial charge < -0.3 is 19.2 Å². The first-order chi connectivity index (χ1) is 8.81. The Hall–Kier alpha value is -1.21. The van der Waals surface area contributed by atoms with Gasteiger partial charge in [-0.3, -0.25) is 0 Å². The van der Waals surface area contributed by atoms with E-state index in [9.17, 15) is 0 Å². The number of halogens is 1. The summed E-state index contributed by atoms with van der Waals surface area (Å²) < 4.78 is 17.0. The Morgan fingerprint density at radius 2 is 1.94 bits per heavy atom. The zero-order chi connectivity index (χ0) is 12.4. The molecule has 1 N–H and O–H groups in total. The van der Waals surface area contributed by atoms with Crippen LogP contribution in [-0.4, -0.2) is 6.79 Å². The Labute approximate surface area is 118 Å². The van der Waals surface area contributed by atoms with Gasteiger partial charge in [-0.1, -0.05) is 6.07 Å². The summed E-state index contributed by atoms with van der Waals surface area (Å²) in [6.07, 6.45) is 0. The van der Waals surface area contributed by atoms with Crippen molar-refractivity contribution in [2.45, 2.75) is 13.1 Å². The molecule has 3 rings (SSSR count). The number of fused-ring (bicyclic) bond motifs is 1. The molecule has 0 bridgehead atoms. The highest BCUT2D eigenvalue weighted by atomic mass is 127. The van der Waals surface area contributed by atoms with E-state index >= 15 is 0 Å². The van der Waals surface area contributed by atoms with Gasteiger partial charge in [0, 0.05) is 6.54 Å². The molecule has 2 heterocycles. The van der Waals surface area contributed by atoms with Gasteiger partial charge in [0.1, 0.15) is 5.76 Å². The van der Waals surface area contributed by atoms with E-state index in [-0.39, 0.29) is 0 Å². The van der Waals surface area contributed by atoms with Crippen LogP contribution in [0, 0.1) is 3.77 Å². The van der Waals surface area contributed by atoms with Crippen LogP contribution in [0.15, 0.2) is 34.7 Å². The van der Waals surface area contributed by atoms with Crippen LogP contribution in [-0.2, 0) is 13.1 Å². The molecule has 94 valence electrons. The van der Waals surface area contributed by atoms with Gasteiger partial charge in [0.05, 0.1) is 6.54 Å². The lowest BCUT2D eigenvalue weighted by Gasteiger charge is -2.04. The number of rotatable bonds is 4. The van der Waals surface area contributed by atoms with Crippen molar-refractivity contribution in [3.63, 3.8) is 0 Å². The van der Waals surface area contributed by atoms with E-state index < -0.39 is 0 Å². The van der Waals surface area contributed by atoms with Gasteiger partial charge in [0.15, 0.2) is 15.3 Å². The van der Waals surface area contributed by atoms with Crippen molar-refractivity contribution in [1.29, 1.82) is 0 Å². The van der Waals surface area contributed by atoms with Crippen LogP contribution in [0.4, 0.5) is 0 Å². The molecule has 18 heavy (non-hydrogen) atoms. The first-order valence-electron chi connectivity index (χ1n) is 5.65. The number of nitrogens with one attached hydrogen (secondary N) is 1. The molecule has 4 nitrogen and oxygen atoms in total. The standard InChI is InChI=1S/C13H12INO3/c14-13-4-2-10(18-13)7-15-6-9-1-3-11-12(5-9)17-8-16-11/h1-5,15H,6-8H2. The molecule has 0 radical (unpaired) electrons. The maximum absolute atomic E-state index is 5.47. The van der Waals surface area contributed by atoms with Gasteiger partial charge in [-0.05, 0) is 52.4 Å². The summed E-state index contributed by atoms with van der Waals surface area (Å²) in [5, 5.41) is 3.33. The van der Waals surface area contributed by atoms with E-state index in [4.69, 9.17) is 13.9 Å². The minimum absolute atomic E-state index is 0.317. The average Bonchev–Trinajstić information content (AvgIpc) is 2.97.